The Morgan fingerprint density at radius 2 is 1.60 bits per heavy atom. The van der Waals surface area contributed by atoms with Crippen molar-refractivity contribution in [3.63, 3.8) is 0 Å². The molecular formula is C20H14F3NO. The van der Waals surface area contributed by atoms with Crippen molar-refractivity contribution in [3.05, 3.63) is 77.9 Å². The fourth-order valence-electron chi connectivity index (χ4n) is 2.90. The molecule has 4 aromatic rings. The molecule has 0 radical (unpaired) electrons. The van der Waals surface area contributed by atoms with Gasteiger partial charge in [-0.3, -0.25) is 0 Å². The number of alkyl halides is 3. The first-order chi connectivity index (χ1) is 12.0. The number of benzene rings is 3. The Hall–Kier alpha value is -2.95. The molecule has 0 atom stereocenters. The highest BCUT2D eigenvalue weighted by atomic mass is 19.4. The second-order valence-electron chi connectivity index (χ2n) is 5.86. The monoisotopic (exact) mass is 341 g/mol. The second kappa shape index (κ2) is 5.84. The van der Waals surface area contributed by atoms with Crippen LogP contribution in [-0.4, -0.2) is 0 Å². The second-order valence-corrected chi connectivity index (χ2v) is 5.86. The molecule has 0 fully saturated rings. The lowest BCUT2D eigenvalue weighted by atomic mass is 10.1. The summed E-state index contributed by atoms with van der Waals surface area (Å²) in [4.78, 5) is 0. The average Bonchev–Trinajstić information content (AvgIpc) is 2.97. The molecule has 0 spiro atoms. The van der Waals surface area contributed by atoms with Gasteiger partial charge in [-0.05, 0) is 42.0 Å². The summed E-state index contributed by atoms with van der Waals surface area (Å²) in [6.45, 7) is 0.311. The van der Waals surface area contributed by atoms with E-state index in [1.165, 1.54) is 12.1 Å². The van der Waals surface area contributed by atoms with Crippen molar-refractivity contribution >= 4 is 27.6 Å². The molecule has 3 aromatic carbocycles. The predicted molar refractivity (Wildman–Crippen MR) is 92.5 cm³/mol. The lowest BCUT2D eigenvalue weighted by molar-refractivity contribution is -0.137. The van der Waals surface area contributed by atoms with E-state index in [0.717, 1.165) is 33.7 Å². The number of rotatable bonds is 3. The molecule has 0 unspecified atom stereocenters. The van der Waals surface area contributed by atoms with Crippen LogP contribution in [0.5, 0.6) is 0 Å². The maximum Gasteiger partial charge on any atom is 0.416 e. The summed E-state index contributed by atoms with van der Waals surface area (Å²) in [7, 11) is 0. The molecule has 126 valence electrons. The minimum atomic E-state index is -4.33. The summed E-state index contributed by atoms with van der Waals surface area (Å²) >= 11 is 0. The van der Waals surface area contributed by atoms with Gasteiger partial charge < -0.3 is 9.73 Å². The van der Waals surface area contributed by atoms with Crippen molar-refractivity contribution < 1.29 is 17.6 Å². The fraction of sp³-hybridized carbons (Fsp3) is 0.100. The lowest BCUT2D eigenvalue weighted by Gasteiger charge is -2.10. The molecule has 0 amide bonds. The minimum absolute atomic E-state index is 0.311. The van der Waals surface area contributed by atoms with Crippen molar-refractivity contribution in [2.24, 2.45) is 0 Å². The minimum Gasteiger partial charge on any atom is -0.456 e. The Balaban J connectivity index is 1.60. The summed E-state index contributed by atoms with van der Waals surface area (Å²) in [5.74, 6) is 0. The van der Waals surface area contributed by atoms with Gasteiger partial charge in [-0.2, -0.15) is 13.2 Å². The molecule has 4 rings (SSSR count). The number of anilines is 1. The van der Waals surface area contributed by atoms with E-state index in [0.29, 0.717) is 12.1 Å². The molecule has 0 saturated heterocycles. The van der Waals surface area contributed by atoms with E-state index in [4.69, 9.17) is 4.42 Å². The standard InChI is InChI=1S/C20H14F3NO/c21-20(22,23)14-5-3-4-13(10-14)12-24-15-8-9-19-17(11-15)16-6-1-2-7-18(16)25-19/h1-11,24H,12H2. The van der Waals surface area contributed by atoms with Gasteiger partial charge in [0, 0.05) is 23.0 Å². The molecular weight excluding hydrogens is 327 g/mol. The molecule has 0 saturated carbocycles. The number of hydrogen-bond acceptors (Lipinski definition) is 2. The van der Waals surface area contributed by atoms with E-state index in [1.54, 1.807) is 6.07 Å². The summed E-state index contributed by atoms with van der Waals surface area (Å²) in [5.41, 5.74) is 2.37. The van der Waals surface area contributed by atoms with Crippen molar-refractivity contribution in [1.29, 1.82) is 0 Å². The van der Waals surface area contributed by atoms with Crippen LogP contribution < -0.4 is 5.32 Å². The topological polar surface area (TPSA) is 25.2 Å². The van der Waals surface area contributed by atoms with E-state index in [-0.39, 0.29) is 0 Å². The molecule has 1 heterocycles. The number of fused-ring (bicyclic) bond motifs is 3. The quantitative estimate of drug-likeness (QED) is 0.479. The first-order valence-corrected chi connectivity index (χ1v) is 7.82. The van der Waals surface area contributed by atoms with Crippen molar-refractivity contribution in [2.45, 2.75) is 12.7 Å². The van der Waals surface area contributed by atoms with Crippen molar-refractivity contribution in [3.8, 4) is 0 Å². The van der Waals surface area contributed by atoms with Crippen molar-refractivity contribution in [1.82, 2.24) is 0 Å². The maximum atomic E-state index is 12.8. The Bertz CT molecular complexity index is 1050. The van der Waals surface area contributed by atoms with E-state index in [9.17, 15) is 13.2 Å². The van der Waals surface area contributed by atoms with Gasteiger partial charge in [-0.15, -0.1) is 0 Å². The highest BCUT2D eigenvalue weighted by Gasteiger charge is 2.30. The number of para-hydroxylation sites is 1. The van der Waals surface area contributed by atoms with Gasteiger partial charge in [0.15, 0.2) is 0 Å². The maximum absolute atomic E-state index is 12.8. The van der Waals surface area contributed by atoms with Gasteiger partial charge in [0.25, 0.3) is 0 Å². The summed E-state index contributed by atoms with van der Waals surface area (Å²) in [6.07, 6.45) is -4.33. The van der Waals surface area contributed by atoms with E-state index in [2.05, 4.69) is 5.32 Å². The molecule has 0 bridgehead atoms. The van der Waals surface area contributed by atoms with Crippen LogP contribution in [-0.2, 0) is 12.7 Å². The van der Waals surface area contributed by atoms with Gasteiger partial charge in [-0.25, -0.2) is 0 Å². The molecule has 2 nitrogen and oxygen atoms in total. The van der Waals surface area contributed by atoms with Gasteiger partial charge in [0.2, 0.25) is 0 Å². The molecule has 5 heteroatoms. The normalized spacial score (nSPS) is 12.0. The summed E-state index contributed by atoms with van der Waals surface area (Å²) < 4.78 is 44.1. The lowest BCUT2D eigenvalue weighted by Crippen LogP contribution is -2.06. The Morgan fingerprint density at radius 3 is 2.44 bits per heavy atom. The van der Waals surface area contributed by atoms with E-state index in [1.807, 2.05) is 42.5 Å². The number of furan rings is 1. The van der Waals surface area contributed by atoms with Gasteiger partial charge >= 0.3 is 6.18 Å². The molecule has 25 heavy (non-hydrogen) atoms. The third-order valence-electron chi connectivity index (χ3n) is 4.13. The SMILES string of the molecule is FC(F)(F)c1cccc(CNc2ccc3oc4ccccc4c3c2)c1. The zero-order chi connectivity index (χ0) is 17.4. The van der Waals surface area contributed by atoms with Gasteiger partial charge in [0.1, 0.15) is 11.2 Å². The zero-order valence-corrected chi connectivity index (χ0v) is 13.1. The fourth-order valence-corrected chi connectivity index (χ4v) is 2.90. The van der Waals surface area contributed by atoms with Gasteiger partial charge in [0.05, 0.1) is 5.56 Å². The zero-order valence-electron chi connectivity index (χ0n) is 13.1. The highest BCUT2D eigenvalue weighted by Crippen LogP contribution is 2.31. The van der Waals surface area contributed by atoms with Crippen molar-refractivity contribution in [2.75, 3.05) is 5.32 Å². The molecule has 1 aromatic heterocycles. The van der Waals surface area contributed by atoms with Crippen LogP contribution in [0.3, 0.4) is 0 Å². The summed E-state index contributed by atoms with van der Waals surface area (Å²) in [6, 6.07) is 18.8. The van der Waals surface area contributed by atoms with Crippen LogP contribution in [0.1, 0.15) is 11.1 Å². The highest BCUT2D eigenvalue weighted by molar-refractivity contribution is 6.05. The molecule has 0 aliphatic heterocycles. The number of nitrogens with one attached hydrogen (secondary N) is 1. The van der Waals surface area contributed by atoms with Gasteiger partial charge in [-0.1, -0.05) is 30.3 Å². The molecule has 0 aliphatic carbocycles. The van der Waals surface area contributed by atoms with E-state index >= 15 is 0 Å². The average molecular weight is 341 g/mol. The molecule has 1 N–H and O–H groups in total. The largest absolute Gasteiger partial charge is 0.456 e. The van der Waals surface area contributed by atoms with Crippen LogP contribution in [0.2, 0.25) is 0 Å². The smallest absolute Gasteiger partial charge is 0.416 e. The molecule has 0 aliphatic rings. The third-order valence-corrected chi connectivity index (χ3v) is 4.13. The van der Waals surface area contributed by atoms with Crippen LogP contribution >= 0.6 is 0 Å². The Kier molecular flexibility index (Phi) is 3.64. The number of hydrogen-bond donors (Lipinski definition) is 1. The first kappa shape index (κ1) is 15.6. The van der Waals surface area contributed by atoms with Crippen LogP contribution in [0.15, 0.2) is 71.1 Å². The third kappa shape index (κ3) is 3.05. The van der Waals surface area contributed by atoms with Crippen LogP contribution in [0, 0.1) is 0 Å². The number of halogens is 3. The van der Waals surface area contributed by atoms with E-state index < -0.39 is 11.7 Å². The Morgan fingerprint density at radius 1 is 0.800 bits per heavy atom. The first-order valence-electron chi connectivity index (χ1n) is 7.82. The predicted octanol–water partition coefficient (Wildman–Crippen LogP) is 6.22. The van der Waals surface area contributed by atoms with Crippen LogP contribution in [0.25, 0.3) is 21.9 Å². The Labute approximate surface area is 141 Å². The summed E-state index contributed by atoms with van der Waals surface area (Å²) in [5, 5.41) is 5.17. The van der Waals surface area contributed by atoms with Crippen LogP contribution in [0.4, 0.5) is 18.9 Å².